The summed E-state index contributed by atoms with van der Waals surface area (Å²) in [5.41, 5.74) is 6.43. The van der Waals surface area contributed by atoms with Gasteiger partial charge in [0, 0.05) is 23.6 Å². The average molecular weight is 493 g/mol. The number of hydrogen-bond donors (Lipinski definition) is 1. The third kappa shape index (κ3) is 4.20. The van der Waals surface area contributed by atoms with E-state index in [2.05, 4.69) is 47.6 Å². The summed E-state index contributed by atoms with van der Waals surface area (Å²) >= 11 is 7.43. The summed E-state index contributed by atoms with van der Waals surface area (Å²) in [5.74, 6) is 0.546. The second-order valence-corrected chi connectivity index (χ2v) is 9.19. The predicted molar refractivity (Wildman–Crippen MR) is 134 cm³/mol. The highest BCUT2D eigenvalue weighted by Crippen LogP contribution is 2.28. The van der Waals surface area contributed by atoms with Crippen molar-refractivity contribution in [1.82, 2.24) is 24.2 Å². The van der Waals surface area contributed by atoms with Gasteiger partial charge in [0.25, 0.3) is 0 Å². The smallest absolute Gasteiger partial charge is 0.234 e. The lowest BCUT2D eigenvalue weighted by molar-refractivity contribution is -0.113. The van der Waals surface area contributed by atoms with Crippen LogP contribution in [0.2, 0.25) is 5.02 Å². The molecule has 5 rings (SSSR count). The Bertz CT molecular complexity index is 1540. The zero-order valence-corrected chi connectivity index (χ0v) is 20.3. The van der Waals surface area contributed by atoms with Crippen molar-refractivity contribution in [2.24, 2.45) is 0 Å². The van der Waals surface area contributed by atoms with E-state index >= 15 is 0 Å². The summed E-state index contributed by atoms with van der Waals surface area (Å²) in [6.07, 6.45) is 3.72. The van der Waals surface area contributed by atoms with E-state index in [0.717, 1.165) is 22.3 Å². The Balaban J connectivity index is 1.36. The first-order chi connectivity index (χ1) is 16.4. The van der Waals surface area contributed by atoms with Crippen molar-refractivity contribution in [2.45, 2.75) is 19.0 Å². The maximum atomic E-state index is 12.5. The fourth-order valence-electron chi connectivity index (χ4n) is 3.70. The summed E-state index contributed by atoms with van der Waals surface area (Å²) in [6.45, 7) is 4.14. The van der Waals surface area contributed by atoms with Crippen LogP contribution in [0.4, 0.5) is 5.69 Å². The molecule has 3 aromatic heterocycles. The van der Waals surface area contributed by atoms with Gasteiger partial charge in [-0.3, -0.25) is 9.20 Å². The quantitative estimate of drug-likeness (QED) is 0.334. The molecular weight excluding hydrogens is 472 g/mol. The first-order valence-electron chi connectivity index (χ1n) is 10.5. The fraction of sp³-hybridized carbons (Fsp3) is 0.167. The van der Waals surface area contributed by atoms with Crippen LogP contribution in [0.25, 0.3) is 22.4 Å². The SMILES string of the molecule is COc1ccc(NC(=O)CSc2nnc3c4cc(-c5cc(C)ccc5C)nn4ccn23)cc1Cl. The molecule has 0 fully saturated rings. The van der Waals surface area contributed by atoms with Gasteiger partial charge < -0.3 is 10.1 Å². The Kier molecular flexibility index (Phi) is 5.89. The molecule has 1 N–H and O–H groups in total. The van der Waals surface area contributed by atoms with E-state index in [4.69, 9.17) is 21.4 Å². The number of aryl methyl sites for hydroxylation is 2. The van der Waals surface area contributed by atoms with E-state index in [1.807, 2.05) is 22.9 Å². The molecule has 0 spiro atoms. The molecular formula is C24H21ClN6O2S. The molecule has 0 radical (unpaired) electrons. The highest BCUT2D eigenvalue weighted by Gasteiger charge is 2.15. The van der Waals surface area contributed by atoms with Crippen LogP contribution < -0.4 is 10.1 Å². The van der Waals surface area contributed by atoms with Crippen LogP contribution in [0.5, 0.6) is 5.75 Å². The van der Waals surface area contributed by atoms with Gasteiger partial charge in [-0.1, -0.05) is 41.1 Å². The highest BCUT2D eigenvalue weighted by molar-refractivity contribution is 7.99. The number of nitrogens with zero attached hydrogens (tertiary/aromatic N) is 5. The Morgan fingerprint density at radius 3 is 2.76 bits per heavy atom. The van der Waals surface area contributed by atoms with Gasteiger partial charge in [-0.2, -0.15) is 5.10 Å². The number of carbonyl (C=O) groups excluding carboxylic acids is 1. The molecule has 0 atom stereocenters. The number of carbonyl (C=O) groups is 1. The largest absolute Gasteiger partial charge is 0.495 e. The monoisotopic (exact) mass is 492 g/mol. The van der Waals surface area contributed by atoms with Crippen LogP contribution in [0, 0.1) is 13.8 Å². The Morgan fingerprint density at radius 2 is 1.97 bits per heavy atom. The predicted octanol–water partition coefficient (Wildman–Crippen LogP) is 5.05. The Morgan fingerprint density at radius 1 is 1.12 bits per heavy atom. The molecule has 0 unspecified atom stereocenters. The first-order valence-corrected chi connectivity index (χ1v) is 11.9. The molecule has 2 aromatic carbocycles. The molecule has 3 heterocycles. The minimum absolute atomic E-state index is 0.169. The van der Waals surface area contributed by atoms with E-state index in [0.29, 0.717) is 27.3 Å². The molecule has 34 heavy (non-hydrogen) atoms. The van der Waals surface area contributed by atoms with Crippen molar-refractivity contribution in [1.29, 1.82) is 0 Å². The number of aromatic nitrogens is 5. The van der Waals surface area contributed by atoms with Crippen LogP contribution in [-0.4, -0.2) is 43.0 Å². The second-order valence-electron chi connectivity index (χ2n) is 7.84. The Hall–Kier alpha value is -3.56. The lowest BCUT2D eigenvalue weighted by Crippen LogP contribution is -2.14. The zero-order chi connectivity index (χ0) is 23.8. The lowest BCUT2D eigenvalue weighted by atomic mass is 10.0. The maximum Gasteiger partial charge on any atom is 0.234 e. The molecule has 0 aliphatic carbocycles. The summed E-state index contributed by atoms with van der Waals surface area (Å²) in [7, 11) is 1.54. The molecule has 172 valence electrons. The highest BCUT2D eigenvalue weighted by atomic mass is 35.5. The van der Waals surface area contributed by atoms with Gasteiger partial charge in [-0.15, -0.1) is 10.2 Å². The third-order valence-electron chi connectivity index (χ3n) is 5.42. The average Bonchev–Trinajstić information content (AvgIpc) is 3.43. The van der Waals surface area contributed by atoms with E-state index in [-0.39, 0.29) is 11.7 Å². The number of thioether (sulfide) groups is 1. The molecule has 10 heteroatoms. The van der Waals surface area contributed by atoms with E-state index in [1.165, 1.54) is 17.3 Å². The molecule has 0 saturated heterocycles. The number of rotatable bonds is 6. The van der Waals surface area contributed by atoms with Gasteiger partial charge >= 0.3 is 0 Å². The van der Waals surface area contributed by atoms with Crippen LogP contribution in [0.3, 0.4) is 0 Å². The molecule has 0 aliphatic heterocycles. The number of ether oxygens (including phenoxy) is 1. The molecule has 5 aromatic rings. The third-order valence-corrected chi connectivity index (χ3v) is 6.66. The normalized spacial score (nSPS) is 11.3. The summed E-state index contributed by atoms with van der Waals surface area (Å²) in [5, 5.41) is 17.3. The van der Waals surface area contributed by atoms with Gasteiger partial charge in [-0.05, 0) is 49.7 Å². The molecule has 0 saturated carbocycles. The first kappa shape index (κ1) is 22.2. The molecule has 0 bridgehead atoms. The van der Waals surface area contributed by atoms with Crippen molar-refractivity contribution >= 4 is 46.1 Å². The number of benzene rings is 2. The molecule has 8 nitrogen and oxygen atoms in total. The second kappa shape index (κ2) is 9.00. The number of anilines is 1. The zero-order valence-electron chi connectivity index (χ0n) is 18.7. The summed E-state index contributed by atoms with van der Waals surface area (Å²) < 4.78 is 8.81. The van der Waals surface area contributed by atoms with E-state index in [9.17, 15) is 4.79 Å². The number of fused-ring (bicyclic) bond motifs is 3. The van der Waals surface area contributed by atoms with Crippen LogP contribution in [0.1, 0.15) is 11.1 Å². The Labute approximate surface area is 204 Å². The molecule has 1 amide bonds. The minimum atomic E-state index is -0.175. The number of methoxy groups -OCH3 is 1. The van der Waals surface area contributed by atoms with Crippen molar-refractivity contribution in [2.75, 3.05) is 18.2 Å². The number of hydrogen-bond acceptors (Lipinski definition) is 6. The van der Waals surface area contributed by atoms with Gasteiger partial charge in [0.1, 0.15) is 11.3 Å². The van der Waals surface area contributed by atoms with Crippen molar-refractivity contribution in [3.05, 3.63) is 71.0 Å². The topological polar surface area (TPSA) is 85.8 Å². The van der Waals surface area contributed by atoms with Gasteiger partial charge in [0.15, 0.2) is 10.8 Å². The molecule has 0 aliphatic rings. The van der Waals surface area contributed by atoms with Gasteiger partial charge in [-0.25, -0.2) is 4.52 Å². The van der Waals surface area contributed by atoms with Crippen LogP contribution >= 0.6 is 23.4 Å². The number of halogens is 1. The number of amides is 1. The van der Waals surface area contributed by atoms with Crippen molar-refractivity contribution in [3.63, 3.8) is 0 Å². The fourth-order valence-corrected chi connectivity index (χ4v) is 4.68. The van der Waals surface area contributed by atoms with Gasteiger partial charge in [0.2, 0.25) is 5.91 Å². The van der Waals surface area contributed by atoms with Crippen molar-refractivity contribution in [3.8, 4) is 17.0 Å². The summed E-state index contributed by atoms with van der Waals surface area (Å²) in [4.78, 5) is 12.5. The van der Waals surface area contributed by atoms with E-state index < -0.39 is 0 Å². The van der Waals surface area contributed by atoms with Gasteiger partial charge in [0.05, 0.1) is 23.6 Å². The van der Waals surface area contributed by atoms with Crippen molar-refractivity contribution < 1.29 is 9.53 Å². The summed E-state index contributed by atoms with van der Waals surface area (Å²) in [6, 6.07) is 13.4. The van der Waals surface area contributed by atoms with Crippen LogP contribution in [-0.2, 0) is 4.79 Å². The number of nitrogens with one attached hydrogen (secondary N) is 1. The minimum Gasteiger partial charge on any atom is -0.495 e. The maximum absolute atomic E-state index is 12.5. The van der Waals surface area contributed by atoms with E-state index in [1.54, 1.807) is 29.8 Å². The standard InChI is InChI=1S/C24H21ClN6O2S/c1-14-4-5-15(2)17(10-14)19-12-20-23-27-28-24(30(23)8-9-31(20)29-19)34-13-22(32)26-16-6-7-21(33-3)18(25)11-16/h4-12H,13H2,1-3H3,(H,26,32). The lowest BCUT2D eigenvalue weighted by Gasteiger charge is -2.07. The van der Waals surface area contributed by atoms with Crippen LogP contribution in [0.15, 0.2) is 60.0 Å².